The van der Waals surface area contributed by atoms with Gasteiger partial charge >= 0.3 is 6.03 Å². The SMILES string of the molecule is CNC(=O)N(N)c1cccc(C)c1CBr. The number of aryl methyl sites for hydroxylation is 1. The lowest BCUT2D eigenvalue weighted by atomic mass is 10.1. The number of urea groups is 1. The van der Waals surface area contributed by atoms with E-state index in [9.17, 15) is 4.79 Å². The van der Waals surface area contributed by atoms with E-state index in [-0.39, 0.29) is 6.03 Å². The number of rotatable bonds is 2. The summed E-state index contributed by atoms with van der Waals surface area (Å²) < 4.78 is 0. The Kier molecular flexibility index (Phi) is 4.11. The lowest BCUT2D eigenvalue weighted by molar-refractivity contribution is 0.248. The summed E-state index contributed by atoms with van der Waals surface area (Å²) in [7, 11) is 1.55. The van der Waals surface area contributed by atoms with E-state index in [1.165, 1.54) is 0 Å². The number of benzene rings is 1. The maximum atomic E-state index is 11.4. The molecule has 0 radical (unpaired) electrons. The molecule has 0 saturated heterocycles. The lowest BCUT2D eigenvalue weighted by Crippen LogP contribution is -2.43. The summed E-state index contributed by atoms with van der Waals surface area (Å²) in [6.07, 6.45) is 0. The summed E-state index contributed by atoms with van der Waals surface area (Å²) in [4.78, 5) is 11.4. The molecule has 0 aliphatic carbocycles. The zero-order valence-electron chi connectivity index (χ0n) is 8.75. The van der Waals surface area contributed by atoms with Crippen molar-refractivity contribution in [3.8, 4) is 0 Å². The van der Waals surface area contributed by atoms with E-state index < -0.39 is 0 Å². The van der Waals surface area contributed by atoms with Crippen LogP contribution in [0.1, 0.15) is 11.1 Å². The number of nitrogens with zero attached hydrogens (tertiary/aromatic N) is 1. The molecule has 0 heterocycles. The van der Waals surface area contributed by atoms with Gasteiger partial charge in [0.1, 0.15) is 0 Å². The Bertz CT molecular complexity index is 368. The number of nitrogens with two attached hydrogens (primary N) is 1. The molecule has 0 spiro atoms. The van der Waals surface area contributed by atoms with Gasteiger partial charge in [0.2, 0.25) is 0 Å². The molecule has 5 heteroatoms. The second kappa shape index (κ2) is 5.14. The average Bonchev–Trinajstić information content (AvgIpc) is 2.26. The van der Waals surface area contributed by atoms with Crippen LogP contribution in [-0.2, 0) is 5.33 Å². The number of hydrogen-bond donors (Lipinski definition) is 2. The summed E-state index contributed by atoms with van der Waals surface area (Å²) in [5.41, 5.74) is 2.83. The van der Waals surface area contributed by atoms with Crippen molar-refractivity contribution in [1.29, 1.82) is 0 Å². The highest BCUT2D eigenvalue weighted by molar-refractivity contribution is 9.08. The molecule has 1 aromatic rings. The molecule has 0 aliphatic rings. The van der Waals surface area contributed by atoms with Crippen molar-refractivity contribution < 1.29 is 4.79 Å². The third-order valence-electron chi connectivity index (χ3n) is 2.21. The molecule has 4 nitrogen and oxygen atoms in total. The van der Waals surface area contributed by atoms with Crippen LogP contribution < -0.4 is 16.2 Å². The highest BCUT2D eigenvalue weighted by atomic mass is 79.9. The van der Waals surface area contributed by atoms with Crippen molar-refractivity contribution >= 4 is 27.6 Å². The first-order valence-electron chi connectivity index (χ1n) is 4.52. The molecule has 0 aromatic heterocycles. The first-order chi connectivity index (χ1) is 7.11. The van der Waals surface area contributed by atoms with Gasteiger partial charge in [-0.05, 0) is 24.1 Å². The Morgan fingerprint density at radius 2 is 2.27 bits per heavy atom. The molecule has 1 rings (SSSR count). The third kappa shape index (κ3) is 2.49. The standard InChI is InChI=1S/C10H14BrN3O/c1-7-4-3-5-9(8(7)6-11)14(12)10(15)13-2/h3-5H,6,12H2,1-2H3,(H,13,15). The van der Waals surface area contributed by atoms with E-state index in [4.69, 9.17) is 5.84 Å². The van der Waals surface area contributed by atoms with Crippen molar-refractivity contribution in [2.45, 2.75) is 12.3 Å². The van der Waals surface area contributed by atoms with Crippen LogP contribution in [0, 0.1) is 6.92 Å². The number of halogens is 1. The number of amides is 2. The minimum absolute atomic E-state index is 0.331. The predicted molar refractivity (Wildman–Crippen MR) is 64.9 cm³/mol. The fourth-order valence-electron chi connectivity index (χ4n) is 1.32. The molecule has 15 heavy (non-hydrogen) atoms. The van der Waals surface area contributed by atoms with Gasteiger partial charge in [0.25, 0.3) is 0 Å². The highest BCUT2D eigenvalue weighted by Crippen LogP contribution is 2.24. The number of alkyl halides is 1. The summed E-state index contributed by atoms with van der Waals surface area (Å²) in [5.74, 6) is 5.69. The summed E-state index contributed by atoms with van der Waals surface area (Å²) in [6.45, 7) is 1.98. The molecular formula is C10H14BrN3O. The van der Waals surface area contributed by atoms with Crippen LogP contribution in [0.15, 0.2) is 18.2 Å². The summed E-state index contributed by atoms with van der Waals surface area (Å²) >= 11 is 3.38. The quantitative estimate of drug-likeness (QED) is 0.374. The summed E-state index contributed by atoms with van der Waals surface area (Å²) in [6, 6.07) is 5.35. The minimum atomic E-state index is -0.331. The van der Waals surface area contributed by atoms with Crippen LogP contribution in [-0.4, -0.2) is 13.1 Å². The second-order valence-electron chi connectivity index (χ2n) is 3.13. The van der Waals surface area contributed by atoms with E-state index in [0.717, 1.165) is 16.1 Å². The molecule has 0 atom stereocenters. The molecule has 3 N–H and O–H groups in total. The topological polar surface area (TPSA) is 58.4 Å². The number of hydrogen-bond acceptors (Lipinski definition) is 2. The zero-order valence-corrected chi connectivity index (χ0v) is 10.3. The van der Waals surface area contributed by atoms with Gasteiger partial charge in [0.05, 0.1) is 5.69 Å². The number of carbonyl (C=O) groups excluding carboxylic acids is 1. The Hall–Kier alpha value is -1.07. The minimum Gasteiger partial charge on any atom is -0.340 e. The molecule has 0 aliphatic heterocycles. The van der Waals surface area contributed by atoms with Crippen molar-refractivity contribution in [2.24, 2.45) is 5.84 Å². The molecule has 0 bridgehead atoms. The van der Waals surface area contributed by atoms with Gasteiger partial charge in [-0.3, -0.25) is 0 Å². The number of hydrazine groups is 1. The van der Waals surface area contributed by atoms with Gasteiger partial charge in [0, 0.05) is 12.4 Å². The van der Waals surface area contributed by atoms with Crippen LogP contribution in [0.4, 0.5) is 10.5 Å². The molecule has 0 fully saturated rings. The van der Waals surface area contributed by atoms with Crippen molar-refractivity contribution in [2.75, 3.05) is 12.1 Å². The smallest absolute Gasteiger partial charge is 0.336 e. The van der Waals surface area contributed by atoms with Gasteiger partial charge in [-0.1, -0.05) is 28.1 Å². The first kappa shape index (κ1) is 12.0. The summed E-state index contributed by atoms with van der Waals surface area (Å²) in [5, 5.41) is 4.26. The molecule has 1 aromatic carbocycles. The Balaban J connectivity index is 3.13. The number of anilines is 1. The molecule has 82 valence electrons. The van der Waals surface area contributed by atoms with Crippen molar-refractivity contribution in [1.82, 2.24) is 5.32 Å². The van der Waals surface area contributed by atoms with Gasteiger partial charge in [-0.15, -0.1) is 0 Å². The van der Waals surface area contributed by atoms with Gasteiger partial charge in [-0.2, -0.15) is 0 Å². The predicted octanol–water partition coefficient (Wildman–Crippen LogP) is 1.91. The maximum absolute atomic E-state index is 11.4. The van der Waals surface area contributed by atoms with E-state index in [1.807, 2.05) is 25.1 Å². The zero-order chi connectivity index (χ0) is 11.4. The van der Waals surface area contributed by atoms with Crippen LogP contribution in [0.5, 0.6) is 0 Å². The number of carbonyl (C=O) groups is 1. The van der Waals surface area contributed by atoms with Gasteiger partial charge in [-0.25, -0.2) is 15.6 Å². The van der Waals surface area contributed by atoms with E-state index in [0.29, 0.717) is 11.0 Å². The Labute approximate surface area is 97.5 Å². The fraction of sp³-hybridized carbons (Fsp3) is 0.300. The first-order valence-corrected chi connectivity index (χ1v) is 5.65. The largest absolute Gasteiger partial charge is 0.340 e. The van der Waals surface area contributed by atoms with Gasteiger partial charge < -0.3 is 5.32 Å². The molecular weight excluding hydrogens is 258 g/mol. The Morgan fingerprint density at radius 3 is 2.80 bits per heavy atom. The molecule has 2 amide bonds. The monoisotopic (exact) mass is 271 g/mol. The molecule has 0 saturated carbocycles. The van der Waals surface area contributed by atoms with Crippen LogP contribution in [0.25, 0.3) is 0 Å². The van der Waals surface area contributed by atoms with E-state index in [2.05, 4.69) is 21.2 Å². The normalized spacial score (nSPS) is 9.87. The Morgan fingerprint density at radius 1 is 1.60 bits per heavy atom. The van der Waals surface area contributed by atoms with Crippen molar-refractivity contribution in [3.05, 3.63) is 29.3 Å². The van der Waals surface area contributed by atoms with E-state index in [1.54, 1.807) is 7.05 Å². The maximum Gasteiger partial charge on any atom is 0.336 e. The van der Waals surface area contributed by atoms with Crippen LogP contribution >= 0.6 is 15.9 Å². The lowest BCUT2D eigenvalue weighted by Gasteiger charge is -2.19. The van der Waals surface area contributed by atoms with Crippen molar-refractivity contribution in [3.63, 3.8) is 0 Å². The third-order valence-corrected chi connectivity index (χ3v) is 2.77. The van der Waals surface area contributed by atoms with E-state index >= 15 is 0 Å². The van der Waals surface area contributed by atoms with Crippen LogP contribution in [0.3, 0.4) is 0 Å². The second-order valence-corrected chi connectivity index (χ2v) is 3.69. The van der Waals surface area contributed by atoms with Gasteiger partial charge in [0.15, 0.2) is 0 Å². The van der Waals surface area contributed by atoms with Crippen LogP contribution in [0.2, 0.25) is 0 Å². The molecule has 0 unspecified atom stereocenters. The highest BCUT2D eigenvalue weighted by Gasteiger charge is 2.14. The fourth-order valence-corrected chi connectivity index (χ4v) is 2.05. The number of nitrogens with one attached hydrogen (secondary N) is 1. The average molecular weight is 272 g/mol.